The van der Waals surface area contributed by atoms with E-state index < -0.39 is 0 Å². The standard InChI is InChI=1S/C21H37N5O2/c1-7-15(8-2)19(27)26-11-9-16(10-12-26)25-20(22-6)24-14-18-23-13-17(28-18)21(3,4)5/h13,15-16H,7-12,14H2,1-6H3,(H2,22,24,25). The van der Waals surface area contributed by atoms with Crippen LogP contribution in [0.4, 0.5) is 0 Å². The molecule has 28 heavy (non-hydrogen) atoms. The van der Waals surface area contributed by atoms with Gasteiger partial charge in [0.05, 0.1) is 12.7 Å². The van der Waals surface area contributed by atoms with Crippen molar-refractivity contribution < 1.29 is 9.21 Å². The number of guanidine groups is 1. The fourth-order valence-corrected chi connectivity index (χ4v) is 3.43. The molecule has 7 nitrogen and oxygen atoms in total. The van der Waals surface area contributed by atoms with E-state index in [1.807, 2.05) is 4.90 Å². The first-order valence-electron chi connectivity index (χ1n) is 10.5. The maximum Gasteiger partial charge on any atom is 0.225 e. The molecule has 1 aliphatic rings. The number of nitrogens with one attached hydrogen (secondary N) is 2. The minimum atomic E-state index is -0.0505. The van der Waals surface area contributed by atoms with Crippen molar-refractivity contribution in [2.45, 2.75) is 78.3 Å². The van der Waals surface area contributed by atoms with E-state index in [1.165, 1.54) is 0 Å². The fourth-order valence-electron chi connectivity index (χ4n) is 3.43. The molecule has 0 atom stereocenters. The van der Waals surface area contributed by atoms with Crippen LogP contribution in [0.3, 0.4) is 0 Å². The Morgan fingerprint density at radius 1 is 1.32 bits per heavy atom. The third-order valence-corrected chi connectivity index (χ3v) is 5.41. The van der Waals surface area contributed by atoms with E-state index in [0.717, 1.165) is 50.5 Å². The van der Waals surface area contributed by atoms with Crippen LogP contribution in [-0.4, -0.2) is 47.9 Å². The molecular weight excluding hydrogens is 354 g/mol. The lowest BCUT2D eigenvalue weighted by molar-refractivity contribution is -0.136. The second-order valence-electron chi connectivity index (χ2n) is 8.55. The Balaban J connectivity index is 1.80. The lowest BCUT2D eigenvalue weighted by atomic mass is 9.94. The van der Waals surface area contributed by atoms with Gasteiger partial charge in [0.15, 0.2) is 5.96 Å². The van der Waals surface area contributed by atoms with Crippen LogP contribution >= 0.6 is 0 Å². The summed E-state index contributed by atoms with van der Waals surface area (Å²) in [5.74, 6) is 2.74. The molecule has 0 aromatic carbocycles. The minimum absolute atomic E-state index is 0.0505. The molecule has 0 radical (unpaired) electrons. The number of oxazole rings is 1. The molecule has 1 aliphatic heterocycles. The molecule has 0 bridgehead atoms. The first kappa shape index (κ1) is 22.2. The summed E-state index contributed by atoms with van der Waals surface area (Å²) in [6, 6.07) is 0.312. The molecule has 0 aliphatic carbocycles. The normalized spacial score (nSPS) is 16.5. The number of piperidine rings is 1. The quantitative estimate of drug-likeness (QED) is 0.575. The van der Waals surface area contributed by atoms with Crippen molar-refractivity contribution in [3.05, 3.63) is 17.8 Å². The van der Waals surface area contributed by atoms with Gasteiger partial charge < -0.3 is 20.0 Å². The second kappa shape index (κ2) is 9.94. The molecular formula is C21H37N5O2. The molecule has 2 heterocycles. The summed E-state index contributed by atoms with van der Waals surface area (Å²) < 4.78 is 5.82. The summed E-state index contributed by atoms with van der Waals surface area (Å²) in [5, 5.41) is 6.73. The van der Waals surface area contributed by atoms with Crippen molar-refractivity contribution in [2.24, 2.45) is 10.9 Å². The van der Waals surface area contributed by atoms with E-state index >= 15 is 0 Å². The Hall–Kier alpha value is -2.05. The van der Waals surface area contributed by atoms with Gasteiger partial charge in [0, 0.05) is 37.5 Å². The Kier molecular flexibility index (Phi) is 7.89. The molecule has 2 rings (SSSR count). The van der Waals surface area contributed by atoms with Crippen LogP contribution in [0.1, 0.15) is 72.0 Å². The highest BCUT2D eigenvalue weighted by molar-refractivity contribution is 5.80. The Morgan fingerprint density at radius 3 is 2.46 bits per heavy atom. The highest BCUT2D eigenvalue weighted by atomic mass is 16.4. The zero-order valence-electron chi connectivity index (χ0n) is 18.3. The molecule has 1 aromatic heterocycles. The highest BCUT2D eigenvalue weighted by Gasteiger charge is 2.27. The smallest absolute Gasteiger partial charge is 0.225 e. The van der Waals surface area contributed by atoms with Gasteiger partial charge in [-0.3, -0.25) is 9.79 Å². The average molecular weight is 392 g/mol. The predicted octanol–water partition coefficient (Wildman–Crippen LogP) is 3.06. The number of carbonyl (C=O) groups is 1. The lowest BCUT2D eigenvalue weighted by Gasteiger charge is -2.34. The van der Waals surface area contributed by atoms with Gasteiger partial charge in [0.1, 0.15) is 5.76 Å². The third kappa shape index (κ3) is 5.97. The number of nitrogens with zero attached hydrogens (tertiary/aromatic N) is 3. The number of likely N-dealkylation sites (tertiary alicyclic amines) is 1. The van der Waals surface area contributed by atoms with Gasteiger partial charge in [-0.15, -0.1) is 0 Å². The van der Waals surface area contributed by atoms with Crippen LogP contribution in [0.2, 0.25) is 0 Å². The van der Waals surface area contributed by atoms with Crippen molar-refractivity contribution in [3.8, 4) is 0 Å². The van der Waals surface area contributed by atoms with Gasteiger partial charge in [-0.25, -0.2) is 4.98 Å². The minimum Gasteiger partial charge on any atom is -0.443 e. The predicted molar refractivity (Wildman–Crippen MR) is 112 cm³/mol. The average Bonchev–Trinajstić information content (AvgIpc) is 3.16. The summed E-state index contributed by atoms with van der Waals surface area (Å²) in [7, 11) is 1.76. The number of rotatable bonds is 6. The molecule has 0 unspecified atom stereocenters. The van der Waals surface area contributed by atoms with E-state index in [1.54, 1.807) is 13.2 Å². The SMILES string of the molecule is CCC(CC)C(=O)N1CCC(NC(=NC)NCc2ncc(C(C)(C)C)o2)CC1. The van der Waals surface area contributed by atoms with Crippen LogP contribution < -0.4 is 10.6 Å². The van der Waals surface area contributed by atoms with Crippen LogP contribution in [0, 0.1) is 5.92 Å². The summed E-state index contributed by atoms with van der Waals surface area (Å²) in [6.07, 6.45) is 5.49. The van der Waals surface area contributed by atoms with E-state index in [2.05, 4.69) is 55.2 Å². The van der Waals surface area contributed by atoms with Crippen LogP contribution in [0.25, 0.3) is 0 Å². The lowest BCUT2D eigenvalue weighted by Crippen LogP contribution is -2.50. The maximum atomic E-state index is 12.5. The van der Waals surface area contributed by atoms with E-state index in [0.29, 0.717) is 24.4 Å². The highest BCUT2D eigenvalue weighted by Crippen LogP contribution is 2.22. The second-order valence-corrected chi connectivity index (χ2v) is 8.55. The topological polar surface area (TPSA) is 82.8 Å². The van der Waals surface area contributed by atoms with Crippen molar-refractivity contribution in [1.29, 1.82) is 0 Å². The Bertz CT molecular complexity index is 650. The van der Waals surface area contributed by atoms with Gasteiger partial charge in [-0.2, -0.15) is 0 Å². The number of hydrogen-bond donors (Lipinski definition) is 2. The number of amides is 1. The zero-order chi connectivity index (χ0) is 20.7. The van der Waals surface area contributed by atoms with Gasteiger partial charge in [-0.1, -0.05) is 34.6 Å². The number of aliphatic imine (C=N–C) groups is 1. The summed E-state index contributed by atoms with van der Waals surface area (Å²) in [6.45, 7) is 12.6. The van der Waals surface area contributed by atoms with Crippen LogP contribution in [-0.2, 0) is 16.8 Å². The first-order chi connectivity index (χ1) is 13.3. The molecule has 0 saturated carbocycles. The molecule has 158 valence electrons. The molecule has 1 fully saturated rings. The molecule has 2 N–H and O–H groups in total. The maximum absolute atomic E-state index is 12.5. The van der Waals surface area contributed by atoms with E-state index in [4.69, 9.17) is 4.42 Å². The monoisotopic (exact) mass is 391 g/mol. The first-order valence-corrected chi connectivity index (χ1v) is 10.5. The molecule has 7 heteroatoms. The van der Waals surface area contributed by atoms with Gasteiger partial charge in [-0.05, 0) is 25.7 Å². The number of hydrogen-bond acceptors (Lipinski definition) is 4. The Labute approximate surface area is 169 Å². The summed E-state index contributed by atoms with van der Waals surface area (Å²) in [4.78, 5) is 23.2. The van der Waals surface area contributed by atoms with Crippen molar-refractivity contribution in [1.82, 2.24) is 20.5 Å². The number of carbonyl (C=O) groups excluding carboxylic acids is 1. The fraction of sp³-hybridized carbons (Fsp3) is 0.762. The molecule has 1 saturated heterocycles. The molecule has 0 spiro atoms. The summed E-state index contributed by atoms with van der Waals surface area (Å²) >= 11 is 0. The van der Waals surface area contributed by atoms with Crippen LogP contribution in [0.15, 0.2) is 15.6 Å². The van der Waals surface area contributed by atoms with Crippen molar-refractivity contribution in [3.63, 3.8) is 0 Å². The van der Waals surface area contributed by atoms with Crippen LogP contribution in [0.5, 0.6) is 0 Å². The Morgan fingerprint density at radius 2 is 1.96 bits per heavy atom. The van der Waals surface area contributed by atoms with E-state index in [9.17, 15) is 4.79 Å². The van der Waals surface area contributed by atoms with E-state index in [-0.39, 0.29) is 11.3 Å². The van der Waals surface area contributed by atoms with Gasteiger partial charge in [0.25, 0.3) is 0 Å². The van der Waals surface area contributed by atoms with Crippen molar-refractivity contribution >= 4 is 11.9 Å². The van der Waals surface area contributed by atoms with Crippen molar-refractivity contribution in [2.75, 3.05) is 20.1 Å². The summed E-state index contributed by atoms with van der Waals surface area (Å²) in [5.41, 5.74) is -0.0505. The third-order valence-electron chi connectivity index (χ3n) is 5.41. The largest absolute Gasteiger partial charge is 0.443 e. The zero-order valence-corrected chi connectivity index (χ0v) is 18.3. The van der Waals surface area contributed by atoms with Gasteiger partial charge in [0.2, 0.25) is 11.8 Å². The molecule has 1 amide bonds. The molecule has 1 aromatic rings. The number of aromatic nitrogens is 1. The van der Waals surface area contributed by atoms with Gasteiger partial charge >= 0.3 is 0 Å².